The Kier molecular flexibility index (Phi) is 2.53. The zero-order chi connectivity index (χ0) is 10.2. The Morgan fingerprint density at radius 3 is 2.15 bits per heavy atom. The largest absolute Gasteiger partial charge is 0.335 e. The van der Waals surface area contributed by atoms with Crippen molar-refractivity contribution in [1.29, 1.82) is 0 Å². The number of halogens is 4. The fraction of sp³-hybridized carbons (Fsp3) is 0. The third-order valence-electron chi connectivity index (χ3n) is 1.26. The minimum absolute atomic E-state index is 0.552. The van der Waals surface area contributed by atoms with Gasteiger partial charge in [0.2, 0.25) is 0 Å². The summed E-state index contributed by atoms with van der Waals surface area (Å²) in [5.74, 6) is -3.39. The Morgan fingerprint density at radius 1 is 1.15 bits per heavy atom. The summed E-state index contributed by atoms with van der Waals surface area (Å²) in [5, 5.41) is -0.607. The highest BCUT2D eigenvalue weighted by Crippen LogP contribution is 2.24. The van der Waals surface area contributed by atoms with Crippen LogP contribution in [0.15, 0.2) is 17.0 Å². The molecule has 0 aliphatic carbocycles. The molecule has 0 unspecified atom stereocenters. The predicted octanol–water partition coefficient (Wildman–Crippen LogP) is 2.28. The van der Waals surface area contributed by atoms with E-state index in [0.29, 0.717) is 6.07 Å². The third-order valence-corrected chi connectivity index (χ3v) is 2.39. The molecule has 0 heterocycles. The minimum atomic E-state index is -5.25. The van der Waals surface area contributed by atoms with Gasteiger partial charge >= 0.3 is 10.2 Å². The second-order valence-electron chi connectivity index (χ2n) is 2.11. The van der Waals surface area contributed by atoms with Gasteiger partial charge in [0, 0.05) is 0 Å². The van der Waals surface area contributed by atoms with Gasteiger partial charge in [-0.15, -0.1) is 3.89 Å². The van der Waals surface area contributed by atoms with E-state index < -0.39 is 31.8 Å². The van der Waals surface area contributed by atoms with Crippen LogP contribution in [-0.2, 0) is 10.2 Å². The third kappa shape index (κ3) is 1.94. The van der Waals surface area contributed by atoms with Gasteiger partial charge in [-0.05, 0) is 12.1 Å². The minimum Gasteiger partial charge on any atom is -0.202 e. The van der Waals surface area contributed by atoms with Gasteiger partial charge in [-0.1, -0.05) is 11.6 Å². The predicted molar refractivity (Wildman–Crippen MR) is 39.7 cm³/mol. The summed E-state index contributed by atoms with van der Waals surface area (Å²) in [5.41, 5.74) is 0. The lowest BCUT2D eigenvalue weighted by molar-refractivity contribution is 0.478. The van der Waals surface area contributed by atoms with Crippen LogP contribution in [0.3, 0.4) is 0 Å². The maximum atomic E-state index is 12.7. The fourth-order valence-electron chi connectivity index (χ4n) is 0.696. The second kappa shape index (κ2) is 3.19. The lowest BCUT2D eigenvalue weighted by Crippen LogP contribution is -1.99. The Labute approximate surface area is 77.2 Å². The van der Waals surface area contributed by atoms with Crippen LogP contribution in [0, 0.1) is 11.6 Å². The van der Waals surface area contributed by atoms with E-state index in [0.717, 1.165) is 6.07 Å². The molecule has 0 N–H and O–H groups in total. The van der Waals surface area contributed by atoms with Crippen molar-refractivity contribution in [3.05, 3.63) is 28.8 Å². The molecule has 0 amide bonds. The zero-order valence-corrected chi connectivity index (χ0v) is 7.46. The molecule has 0 aromatic heterocycles. The smallest absolute Gasteiger partial charge is 0.202 e. The number of rotatable bonds is 1. The first-order valence-electron chi connectivity index (χ1n) is 2.92. The molecule has 0 aliphatic rings. The number of benzene rings is 1. The molecule has 0 saturated heterocycles. The van der Waals surface area contributed by atoms with E-state index in [-0.39, 0.29) is 0 Å². The van der Waals surface area contributed by atoms with Crippen LogP contribution < -0.4 is 0 Å². The average molecular weight is 231 g/mol. The van der Waals surface area contributed by atoms with Gasteiger partial charge in [-0.3, -0.25) is 0 Å². The monoisotopic (exact) mass is 230 g/mol. The first-order chi connectivity index (χ1) is 5.84. The van der Waals surface area contributed by atoms with Crippen LogP contribution >= 0.6 is 11.6 Å². The topological polar surface area (TPSA) is 34.1 Å². The lowest BCUT2D eigenvalue weighted by atomic mass is 10.3. The van der Waals surface area contributed by atoms with E-state index in [9.17, 15) is 21.1 Å². The van der Waals surface area contributed by atoms with E-state index in [1.807, 2.05) is 0 Å². The Morgan fingerprint density at radius 2 is 1.69 bits per heavy atom. The molecule has 13 heavy (non-hydrogen) atoms. The van der Waals surface area contributed by atoms with E-state index in [1.165, 1.54) is 0 Å². The van der Waals surface area contributed by atoms with Gasteiger partial charge in [-0.25, -0.2) is 8.78 Å². The molecule has 1 rings (SSSR count). The van der Waals surface area contributed by atoms with Crippen molar-refractivity contribution in [2.45, 2.75) is 4.90 Å². The van der Waals surface area contributed by atoms with Crippen molar-refractivity contribution in [2.24, 2.45) is 0 Å². The fourth-order valence-corrected chi connectivity index (χ4v) is 1.38. The maximum absolute atomic E-state index is 12.7. The van der Waals surface area contributed by atoms with Gasteiger partial charge < -0.3 is 0 Å². The summed E-state index contributed by atoms with van der Waals surface area (Å²) < 4.78 is 57.9. The van der Waals surface area contributed by atoms with Crippen LogP contribution in [0.25, 0.3) is 0 Å². The van der Waals surface area contributed by atoms with Gasteiger partial charge in [0.1, 0.15) is 4.90 Å². The SMILES string of the molecule is O=S(=O)(F)c1ccc(Cl)c(F)c1F. The first-order valence-corrected chi connectivity index (χ1v) is 4.68. The zero-order valence-electron chi connectivity index (χ0n) is 5.89. The van der Waals surface area contributed by atoms with Crippen molar-refractivity contribution in [3.8, 4) is 0 Å². The molecule has 0 spiro atoms. The van der Waals surface area contributed by atoms with E-state index in [1.54, 1.807) is 0 Å². The van der Waals surface area contributed by atoms with Gasteiger partial charge in [0.05, 0.1) is 5.02 Å². The molecule has 1 aromatic carbocycles. The summed E-state index contributed by atoms with van der Waals surface area (Å²) in [4.78, 5) is -1.35. The van der Waals surface area contributed by atoms with Crippen molar-refractivity contribution in [3.63, 3.8) is 0 Å². The summed E-state index contributed by atoms with van der Waals surface area (Å²) in [6.07, 6.45) is 0. The van der Waals surface area contributed by atoms with Crippen LogP contribution in [0.4, 0.5) is 12.7 Å². The molecular weight excluding hydrogens is 229 g/mol. The number of hydrogen-bond donors (Lipinski definition) is 0. The standard InChI is InChI=1S/C6H2ClF3O2S/c7-3-1-2-4(13(10,11)12)6(9)5(3)8/h1-2H. The van der Waals surface area contributed by atoms with Crippen LogP contribution in [0.2, 0.25) is 5.02 Å². The normalized spacial score (nSPS) is 11.7. The molecule has 7 heteroatoms. The summed E-state index contributed by atoms with van der Waals surface area (Å²) >= 11 is 5.10. The molecular formula is C6H2ClF3O2S. The average Bonchev–Trinajstić information content (AvgIpc) is 1.98. The van der Waals surface area contributed by atoms with Crippen LogP contribution in [-0.4, -0.2) is 8.42 Å². The van der Waals surface area contributed by atoms with Gasteiger partial charge in [0.15, 0.2) is 11.6 Å². The Bertz CT molecular complexity index is 443. The molecule has 1 aromatic rings. The molecule has 0 fully saturated rings. The van der Waals surface area contributed by atoms with Crippen LogP contribution in [0.1, 0.15) is 0 Å². The van der Waals surface area contributed by atoms with E-state index in [4.69, 9.17) is 11.6 Å². The molecule has 72 valence electrons. The maximum Gasteiger partial charge on any atom is 0.335 e. The summed E-state index contributed by atoms with van der Waals surface area (Å²) in [6.45, 7) is 0. The second-order valence-corrected chi connectivity index (χ2v) is 3.83. The van der Waals surface area contributed by atoms with E-state index in [2.05, 4.69) is 0 Å². The lowest BCUT2D eigenvalue weighted by Gasteiger charge is -1.99. The van der Waals surface area contributed by atoms with E-state index >= 15 is 0 Å². The number of hydrogen-bond acceptors (Lipinski definition) is 2. The van der Waals surface area contributed by atoms with Crippen molar-refractivity contribution in [1.82, 2.24) is 0 Å². The molecule has 0 atom stereocenters. The summed E-state index contributed by atoms with van der Waals surface area (Å²) in [6, 6.07) is 1.31. The first kappa shape index (κ1) is 10.3. The molecule has 0 bridgehead atoms. The molecule has 0 saturated carbocycles. The van der Waals surface area contributed by atoms with Crippen molar-refractivity contribution in [2.75, 3.05) is 0 Å². The Hall–Kier alpha value is -0.750. The summed E-state index contributed by atoms with van der Waals surface area (Å²) in [7, 11) is -5.25. The highest BCUT2D eigenvalue weighted by atomic mass is 35.5. The quantitative estimate of drug-likeness (QED) is 0.548. The highest BCUT2D eigenvalue weighted by Gasteiger charge is 2.22. The highest BCUT2D eigenvalue weighted by molar-refractivity contribution is 7.86. The Balaban J connectivity index is 3.53. The van der Waals surface area contributed by atoms with Gasteiger partial charge in [0.25, 0.3) is 0 Å². The van der Waals surface area contributed by atoms with Crippen molar-refractivity contribution < 1.29 is 21.1 Å². The van der Waals surface area contributed by atoms with Crippen molar-refractivity contribution >= 4 is 21.8 Å². The van der Waals surface area contributed by atoms with Gasteiger partial charge in [-0.2, -0.15) is 8.42 Å². The molecule has 2 nitrogen and oxygen atoms in total. The van der Waals surface area contributed by atoms with Crippen LogP contribution in [0.5, 0.6) is 0 Å². The molecule has 0 aliphatic heterocycles. The molecule has 0 radical (unpaired) electrons.